The molecule has 0 bridgehead atoms. The summed E-state index contributed by atoms with van der Waals surface area (Å²) in [4.78, 5) is 11.0. The molecule has 3 N–H and O–H groups in total. The highest BCUT2D eigenvalue weighted by Gasteiger charge is 2.22. The van der Waals surface area contributed by atoms with Gasteiger partial charge >= 0.3 is 5.97 Å². The van der Waals surface area contributed by atoms with Crippen molar-refractivity contribution in [2.45, 2.75) is 38.1 Å². The van der Waals surface area contributed by atoms with E-state index in [1.807, 2.05) is 0 Å². The molecule has 0 aliphatic heterocycles. The molecule has 0 saturated heterocycles. The van der Waals surface area contributed by atoms with Gasteiger partial charge in [0.15, 0.2) is 0 Å². The van der Waals surface area contributed by atoms with Crippen LogP contribution in [0.25, 0.3) is 0 Å². The summed E-state index contributed by atoms with van der Waals surface area (Å²) in [6.45, 7) is 0. The number of carbonyl (C=O) groups excluding carboxylic acids is 1. The van der Waals surface area contributed by atoms with Crippen LogP contribution in [0, 0.1) is 0 Å². The van der Waals surface area contributed by atoms with Gasteiger partial charge in [0.25, 0.3) is 0 Å². The minimum atomic E-state index is -0.220. The molecule has 0 fully saturated rings. The Balaban J connectivity index is 1.98. The van der Waals surface area contributed by atoms with E-state index in [2.05, 4.69) is 14.9 Å². The van der Waals surface area contributed by atoms with Crippen LogP contribution < -0.4 is 5.73 Å². The first-order valence-electron chi connectivity index (χ1n) is 5.60. The fourth-order valence-corrected chi connectivity index (χ4v) is 2.16. The molecule has 0 aromatic carbocycles. The number of hydrogen-bond acceptors (Lipinski definition) is 4. The third-order valence-corrected chi connectivity index (χ3v) is 3.08. The van der Waals surface area contributed by atoms with Gasteiger partial charge in [0.2, 0.25) is 0 Å². The highest BCUT2D eigenvalue weighted by molar-refractivity contribution is 5.69. The van der Waals surface area contributed by atoms with Crippen molar-refractivity contribution >= 4 is 5.97 Å². The van der Waals surface area contributed by atoms with Crippen LogP contribution in [-0.2, 0) is 22.4 Å². The van der Waals surface area contributed by atoms with Crippen LogP contribution in [0.4, 0.5) is 0 Å². The largest absolute Gasteiger partial charge is 0.469 e. The van der Waals surface area contributed by atoms with Crippen molar-refractivity contribution < 1.29 is 9.53 Å². The van der Waals surface area contributed by atoms with E-state index in [-0.39, 0.29) is 12.0 Å². The van der Waals surface area contributed by atoms with Crippen LogP contribution in [0.5, 0.6) is 0 Å². The van der Waals surface area contributed by atoms with E-state index in [0.717, 1.165) is 18.5 Å². The number of aromatic amines is 1. The van der Waals surface area contributed by atoms with E-state index in [1.165, 1.54) is 24.8 Å². The van der Waals surface area contributed by atoms with Gasteiger partial charge in [0, 0.05) is 18.2 Å². The zero-order valence-corrected chi connectivity index (χ0v) is 9.45. The SMILES string of the molecule is COC(=O)CCC(N)c1n[nH]c2c1CCC2. The van der Waals surface area contributed by atoms with Crippen molar-refractivity contribution in [3.8, 4) is 0 Å². The number of esters is 1. The molecule has 1 aromatic heterocycles. The molecule has 0 saturated carbocycles. The summed E-state index contributed by atoms with van der Waals surface area (Å²) < 4.78 is 4.59. The molecule has 1 heterocycles. The first kappa shape index (κ1) is 11.1. The number of methoxy groups -OCH3 is 1. The Hall–Kier alpha value is -1.36. The molecule has 5 nitrogen and oxygen atoms in total. The van der Waals surface area contributed by atoms with Crippen molar-refractivity contribution in [3.05, 3.63) is 17.0 Å². The van der Waals surface area contributed by atoms with Gasteiger partial charge in [-0.05, 0) is 31.2 Å². The van der Waals surface area contributed by atoms with Crippen molar-refractivity contribution in [1.82, 2.24) is 10.2 Å². The summed E-state index contributed by atoms with van der Waals surface area (Å²) in [5, 5.41) is 7.26. The lowest BCUT2D eigenvalue weighted by atomic mass is 10.0. The molecule has 0 radical (unpaired) electrons. The number of aromatic nitrogens is 2. The van der Waals surface area contributed by atoms with Gasteiger partial charge in [0.05, 0.1) is 12.8 Å². The third kappa shape index (κ3) is 2.09. The second kappa shape index (κ2) is 4.65. The number of nitrogens with one attached hydrogen (secondary N) is 1. The maximum absolute atomic E-state index is 11.0. The number of nitrogens with two attached hydrogens (primary N) is 1. The van der Waals surface area contributed by atoms with E-state index >= 15 is 0 Å². The van der Waals surface area contributed by atoms with Crippen LogP contribution in [0.15, 0.2) is 0 Å². The lowest BCUT2D eigenvalue weighted by molar-refractivity contribution is -0.140. The number of fused-ring (bicyclic) bond motifs is 1. The second-order valence-corrected chi connectivity index (χ2v) is 4.14. The molecular weight excluding hydrogens is 206 g/mol. The van der Waals surface area contributed by atoms with E-state index in [4.69, 9.17) is 5.73 Å². The van der Waals surface area contributed by atoms with Crippen molar-refractivity contribution in [2.75, 3.05) is 7.11 Å². The normalized spacial score (nSPS) is 15.9. The number of nitrogens with zero attached hydrogens (tertiary/aromatic N) is 1. The minimum absolute atomic E-state index is 0.169. The molecule has 0 spiro atoms. The van der Waals surface area contributed by atoms with Gasteiger partial charge in [0.1, 0.15) is 0 Å². The number of carbonyl (C=O) groups is 1. The van der Waals surface area contributed by atoms with Crippen molar-refractivity contribution in [1.29, 1.82) is 0 Å². The van der Waals surface area contributed by atoms with Crippen LogP contribution in [-0.4, -0.2) is 23.3 Å². The van der Waals surface area contributed by atoms with Crippen LogP contribution in [0.3, 0.4) is 0 Å². The Morgan fingerprint density at radius 3 is 3.19 bits per heavy atom. The molecule has 5 heteroatoms. The van der Waals surface area contributed by atoms with Gasteiger partial charge < -0.3 is 10.5 Å². The maximum Gasteiger partial charge on any atom is 0.305 e. The Labute approximate surface area is 94.4 Å². The summed E-state index contributed by atoms with van der Waals surface area (Å²) in [6, 6.07) is -0.169. The van der Waals surface area contributed by atoms with Gasteiger partial charge in [-0.15, -0.1) is 0 Å². The van der Waals surface area contributed by atoms with Crippen molar-refractivity contribution in [2.24, 2.45) is 5.73 Å². The molecule has 1 aliphatic carbocycles. The number of rotatable bonds is 4. The Morgan fingerprint density at radius 1 is 1.62 bits per heavy atom. The average molecular weight is 223 g/mol. The lowest BCUT2D eigenvalue weighted by Gasteiger charge is -2.09. The molecule has 2 rings (SSSR count). The predicted molar refractivity (Wildman–Crippen MR) is 58.8 cm³/mol. The molecular formula is C11H17N3O2. The fourth-order valence-electron chi connectivity index (χ4n) is 2.16. The summed E-state index contributed by atoms with van der Waals surface area (Å²) in [6.07, 6.45) is 4.21. The van der Waals surface area contributed by atoms with E-state index in [1.54, 1.807) is 0 Å². The van der Waals surface area contributed by atoms with Gasteiger partial charge in [-0.3, -0.25) is 9.89 Å². The molecule has 16 heavy (non-hydrogen) atoms. The van der Waals surface area contributed by atoms with E-state index in [9.17, 15) is 4.79 Å². The zero-order valence-electron chi connectivity index (χ0n) is 9.45. The van der Waals surface area contributed by atoms with Gasteiger partial charge in [-0.2, -0.15) is 5.10 Å². The van der Waals surface area contributed by atoms with Crippen LogP contribution in [0.2, 0.25) is 0 Å². The number of hydrogen-bond donors (Lipinski definition) is 2. The summed E-state index contributed by atoms with van der Waals surface area (Å²) in [7, 11) is 1.39. The molecule has 1 atom stereocenters. The quantitative estimate of drug-likeness (QED) is 0.741. The Bertz CT molecular complexity index is 387. The summed E-state index contributed by atoms with van der Waals surface area (Å²) in [5.74, 6) is -0.220. The number of H-pyrrole nitrogens is 1. The van der Waals surface area contributed by atoms with Crippen molar-refractivity contribution in [3.63, 3.8) is 0 Å². The minimum Gasteiger partial charge on any atom is -0.469 e. The zero-order chi connectivity index (χ0) is 11.5. The molecule has 88 valence electrons. The highest BCUT2D eigenvalue weighted by Crippen LogP contribution is 2.27. The molecule has 0 amide bonds. The Kier molecular flexibility index (Phi) is 3.24. The third-order valence-electron chi connectivity index (χ3n) is 3.08. The lowest BCUT2D eigenvalue weighted by Crippen LogP contribution is -2.15. The smallest absolute Gasteiger partial charge is 0.305 e. The van der Waals surface area contributed by atoms with Crippen LogP contribution >= 0.6 is 0 Å². The molecule has 1 unspecified atom stereocenters. The monoisotopic (exact) mass is 223 g/mol. The van der Waals surface area contributed by atoms with Gasteiger partial charge in [-0.1, -0.05) is 0 Å². The number of aryl methyl sites for hydroxylation is 1. The predicted octanol–water partition coefficient (Wildman–Crippen LogP) is 0.851. The topological polar surface area (TPSA) is 81.0 Å². The molecule has 1 aliphatic rings. The fraction of sp³-hybridized carbons (Fsp3) is 0.636. The Morgan fingerprint density at radius 2 is 2.44 bits per heavy atom. The summed E-state index contributed by atoms with van der Waals surface area (Å²) in [5.41, 5.74) is 9.43. The van der Waals surface area contributed by atoms with E-state index < -0.39 is 0 Å². The van der Waals surface area contributed by atoms with E-state index in [0.29, 0.717) is 12.8 Å². The molecule has 1 aromatic rings. The average Bonchev–Trinajstić information content (AvgIpc) is 2.86. The standard InChI is InChI=1S/C11H17N3O2/c1-16-10(15)6-5-8(12)11-7-3-2-4-9(7)13-14-11/h8H,2-6,12H2,1H3,(H,13,14). The first-order valence-corrected chi connectivity index (χ1v) is 5.60. The van der Waals surface area contributed by atoms with Crippen LogP contribution in [0.1, 0.15) is 42.3 Å². The first-order chi connectivity index (χ1) is 7.72. The maximum atomic E-state index is 11.0. The number of ether oxygens (including phenoxy) is 1. The second-order valence-electron chi connectivity index (χ2n) is 4.14. The highest BCUT2D eigenvalue weighted by atomic mass is 16.5. The summed E-state index contributed by atoms with van der Waals surface area (Å²) >= 11 is 0. The van der Waals surface area contributed by atoms with Gasteiger partial charge in [-0.25, -0.2) is 0 Å².